The summed E-state index contributed by atoms with van der Waals surface area (Å²) in [5.74, 6) is 1.47. The smallest absolute Gasteiger partial charge is 0.414 e. The van der Waals surface area contributed by atoms with Crippen LogP contribution in [0.1, 0.15) is 23.6 Å². The van der Waals surface area contributed by atoms with Crippen molar-refractivity contribution in [2.75, 3.05) is 41.1 Å². The largest absolute Gasteiger partial charge is 0.494 e. The first-order valence-electron chi connectivity index (χ1n) is 9.24. The predicted molar refractivity (Wildman–Crippen MR) is 116 cm³/mol. The summed E-state index contributed by atoms with van der Waals surface area (Å²) in [4.78, 5) is 16.6. The van der Waals surface area contributed by atoms with Gasteiger partial charge in [-0.2, -0.15) is 0 Å². The van der Waals surface area contributed by atoms with E-state index < -0.39 is 0 Å². The zero-order chi connectivity index (χ0) is 20.7. The Hall–Kier alpha value is -2.18. The van der Waals surface area contributed by atoms with Gasteiger partial charge in [0.05, 0.1) is 6.61 Å². The first kappa shape index (κ1) is 22.1. The van der Waals surface area contributed by atoms with Crippen LogP contribution in [0.3, 0.4) is 0 Å². The molecule has 0 spiro atoms. The maximum absolute atomic E-state index is 11.8. The van der Waals surface area contributed by atoms with Crippen LogP contribution in [-0.2, 0) is 0 Å². The van der Waals surface area contributed by atoms with Crippen LogP contribution >= 0.6 is 11.8 Å². The van der Waals surface area contributed by atoms with Gasteiger partial charge < -0.3 is 19.3 Å². The molecular weight excluding hydrogens is 372 g/mol. The molecule has 152 valence electrons. The van der Waals surface area contributed by atoms with E-state index in [2.05, 4.69) is 43.5 Å². The first-order chi connectivity index (χ1) is 13.3. The van der Waals surface area contributed by atoms with Gasteiger partial charge in [-0.1, -0.05) is 12.1 Å². The Balaban J connectivity index is 2.02. The van der Waals surface area contributed by atoms with Gasteiger partial charge in [-0.05, 0) is 68.7 Å². The van der Waals surface area contributed by atoms with Gasteiger partial charge in [-0.15, -0.1) is 11.8 Å². The molecule has 0 saturated carbocycles. The SMILES string of the molecule is CSc1ccc(OCCC(c2ccc(OC(=O)N(C)C)c(C)c2)N(C)C)cc1. The van der Waals surface area contributed by atoms with E-state index in [1.54, 1.807) is 25.9 Å². The second kappa shape index (κ2) is 10.4. The van der Waals surface area contributed by atoms with Crippen LogP contribution in [0.2, 0.25) is 0 Å². The van der Waals surface area contributed by atoms with E-state index in [0.717, 1.165) is 17.7 Å². The molecule has 1 amide bonds. The van der Waals surface area contributed by atoms with E-state index in [9.17, 15) is 4.79 Å². The minimum absolute atomic E-state index is 0.211. The average Bonchev–Trinajstić information content (AvgIpc) is 2.67. The van der Waals surface area contributed by atoms with Crippen molar-refractivity contribution in [1.29, 1.82) is 0 Å². The Morgan fingerprint density at radius 2 is 1.75 bits per heavy atom. The fraction of sp³-hybridized carbons (Fsp3) is 0.409. The summed E-state index contributed by atoms with van der Waals surface area (Å²) in [7, 11) is 7.46. The fourth-order valence-corrected chi connectivity index (χ4v) is 3.27. The molecule has 0 aromatic heterocycles. The summed E-state index contributed by atoms with van der Waals surface area (Å²) >= 11 is 1.72. The lowest BCUT2D eigenvalue weighted by molar-refractivity contribution is 0.171. The average molecular weight is 403 g/mol. The molecule has 0 aliphatic rings. The van der Waals surface area contributed by atoms with Gasteiger partial charge in [-0.25, -0.2) is 4.79 Å². The lowest BCUT2D eigenvalue weighted by atomic mass is 10.0. The highest BCUT2D eigenvalue weighted by atomic mass is 32.2. The number of rotatable bonds is 8. The number of hydrogen-bond donors (Lipinski definition) is 0. The Morgan fingerprint density at radius 1 is 1.07 bits per heavy atom. The van der Waals surface area contributed by atoms with E-state index in [-0.39, 0.29) is 12.1 Å². The van der Waals surface area contributed by atoms with E-state index in [1.165, 1.54) is 15.4 Å². The number of amides is 1. The van der Waals surface area contributed by atoms with Crippen molar-refractivity contribution in [3.8, 4) is 11.5 Å². The number of benzene rings is 2. The van der Waals surface area contributed by atoms with Gasteiger partial charge in [0.15, 0.2) is 0 Å². The molecule has 28 heavy (non-hydrogen) atoms. The van der Waals surface area contributed by atoms with Crippen molar-refractivity contribution < 1.29 is 14.3 Å². The molecule has 5 nitrogen and oxygen atoms in total. The van der Waals surface area contributed by atoms with Crippen LogP contribution in [0.25, 0.3) is 0 Å². The normalized spacial score (nSPS) is 12.0. The van der Waals surface area contributed by atoms with Crippen LogP contribution in [-0.4, -0.2) is 56.9 Å². The van der Waals surface area contributed by atoms with E-state index in [1.807, 2.05) is 31.2 Å². The number of ether oxygens (including phenoxy) is 2. The summed E-state index contributed by atoms with van der Waals surface area (Å²) in [6, 6.07) is 14.3. The highest BCUT2D eigenvalue weighted by molar-refractivity contribution is 7.98. The van der Waals surface area contributed by atoms with Gasteiger partial charge in [0.2, 0.25) is 0 Å². The standard InChI is InChI=1S/C22H30N2O3S/c1-16-15-17(7-12-21(16)27-22(25)24(4)5)20(23(2)3)13-14-26-18-8-10-19(28-6)11-9-18/h7-12,15,20H,13-14H2,1-6H3. The van der Waals surface area contributed by atoms with Crippen LogP contribution in [0.4, 0.5) is 4.79 Å². The van der Waals surface area contributed by atoms with Gasteiger partial charge in [0, 0.05) is 31.5 Å². The molecule has 0 fully saturated rings. The zero-order valence-electron chi connectivity index (χ0n) is 17.6. The highest BCUT2D eigenvalue weighted by Crippen LogP contribution is 2.28. The Kier molecular flexibility index (Phi) is 8.20. The monoisotopic (exact) mass is 402 g/mol. The second-order valence-electron chi connectivity index (χ2n) is 7.08. The summed E-state index contributed by atoms with van der Waals surface area (Å²) in [5, 5.41) is 0. The third kappa shape index (κ3) is 6.17. The molecule has 0 aliphatic carbocycles. The third-order valence-corrected chi connectivity index (χ3v) is 5.23. The molecular formula is C22H30N2O3S. The number of carbonyl (C=O) groups excluding carboxylic acids is 1. The van der Waals surface area contributed by atoms with Gasteiger partial charge in [-0.3, -0.25) is 0 Å². The number of aryl methyl sites for hydroxylation is 1. The number of thioether (sulfide) groups is 1. The lowest BCUT2D eigenvalue weighted by Gasteiger charge is -2.25. The molecule has 0 N–H and O–H groups in total. The Labute approximate surface area is 172 Å². The molecule has 0 radical (unpaired) electrons. The van der Waals surface area contributed by atoms with Crippen LogP contribution in [0, 0.1) is 6.92 Å². The van der Waals surface area contributed by atoms with Crippen molar-refractivity contribution in [3.63, 3.8) is 0 Å². The number of carbonyl (C=O) groups is 1. The fourth-order valence-electron chi connectivity index (χ4n) is 2.86. The van der Waals surface area contributed by atoms with Crippen molar-refractivity contribution in [1.82, 2.24) is 9.80 Å². The summed E-state index contributed by atoms with van der Waals surface area (Å²) in [6.45, 7) is 2.58. The van der Waals surface area contributed by atoms with Crippen LogP contribution < -0.4 is 9.47 Å². The molecule has 1 atom stereocenters. The number of hydrogen-bond acceptors (Lipinski definition) is 5. The van der Waals surface area contributed by atoms with Crippen LogP contribution in [0.5, 0.6) is 11.5 Å². The van der Waals surface area contributed by atoms with Crippen LogP contribution in [0.15, 0.2) is 47.4 Å². The van der Waals surface area contributed by atoms with Crippen molar-refractivity contribution >= 4 is 17.9 Å². The van der Waals surface area contributed by atoms with Crippen molar-refractivity contribution in [2.45, 2.75) is 24.3 Å². The Morgan fingerprint density at radius 3 is 2.29 bits per heavy atom. The van der Waals surface area contributed by atoms with Gasteiger partial charge in [0.25, 0.3) is 0 Å². The third-order valence-electron chi connectivity index (χ3n) is 4.49. The van der Waals surface area contributed by atoms with E-state index in [0.29, 0.717) is 12.4 Å². The van der Waals surface area contributed by atoms with E-state index >= 15 is 0 Å². The van der Waals surface area contributed by atoms with Gasteiger partial charge >= 0.3 is 6.09 Å². The second-order valence-corrected chi connectivity index (χ2v) is 7.96. The summed E-state index contributed by atoms with van der Waals surface area (Å²) in [5.41, 5.74) is 2.11. The lowest BCUT2D eigenvalue weighted by Crippen LogP contribution is -2.25. The maximum Gasteiger partial charge on any atom is 0.414 e. The molecule has 2 aromatic carbocycles. The quantitative estimate of drug-likeness (QED) is 0.591. The van der Waals surface area contributed by atoms with Crippen molar-refractivity contribution in [3.05, 3.63) is 53.6 Å². The molecule has 1 unspecified atom stereocenters. The Bertz CT molecular complexity index is 776. The van der Waals surface area contributed by atoms with Gasteiger partial charge in [0.1, 0.15) is 11.5 Å². The summed E-state index contributed by atoms with van der Waals surface area (Å²) < 4.78 is 11.3. The molecule has 0 heterocycles. The minimum Gasteiger partial charge on any atom is -0.494 e. The highest BCUT2D eigenvalue weighted by Gasteiger charge is 2.17. The minimum atomic E-state index is -0.374. The molecule has 0 aliphatic heterocycles. The molecule has 0 bridgehead atoms. The number of nitrogens with zero attached hydrogens (tertiary/aromatic N) is 2. The molecule has 6 heteroatoms. The van der Waals surface area contributed by atoms with E-state index in [4.69, 9.17) is 9.47 Å². The molecule has 2 rings (SSSR count). The molecule has 2 aromatic rings. The maximum atomic E-state index is 11.8. The predicted octanol–water partition coefficient (Wildman–Crippen LogP) is 4.85. The zero-order valence-corrected chi connectivity index (χ0v) is 18.4. The molecule has 0 saturated heterocycles. The van der Waals surface area contributed by atoms with Crippen molar-refractivity contribution in [2.24, 2.45) is 0 Å². The topological polar surface area (TPSA) is 42.0 Å². The summed E-state index contributed by atoms with van der Waals surface area (Å²) in [6.07, 6.45) is 2.54. The first-order valence-corrected chi connectivity index (χ1v) is 10.5.